The Kier molecular flexibility index (Phi) is 5.88. The Bertz CT molecular complexity index is 753. The molecule has 0 aliphatic rings. The number of carbonyl (C=O) groups excluding carboxylic acids is 2. The van der Waals surface area contributed by atoms with E-state index >= 15 is 0 Å². The van der Waals surface area contributed by atoms with Crippen LogP contribution in [0, 0.1) is 13.8 Å². The van der Waals surface area contributed by atoms with Crippen LogP contribution >= 0.6 is 0 Å². The van der Waals surface area contributed by atoms with Gasteiger partial charge in [0, 0.05) is 31.3 Å². The van der Waals surface area contributed by atoms with Crippen LogP contribution in [0.15, 0.2) is 42.5 Å². The summed E-state index contributed by atoms with van der Waals surface area (Å²) in [7, 11) is 3.59. The topological polar surface area (TPSA) is 49.4 Å². The summed E-state index contributed by atoms with van der Waals surface area (Å²) in [6.45, 7) is 5.16. The average Bonchev–Trinajstić information content (AvgIpc) is 2.60. The zero-order valence-corrected chi connectivity index (χ0v) is 14.7. The lowest BCUT2D eigenvalue weighted by molar-refractivity contribution is 0.0792. The molecule has 0 unspecified atom stereocenters. The summed E-state index contributed by atoms with van der Waals surface area (Å²) in [6, 6.07) is 12.8. The fourth-order valence-corrected chi connectivity index (χ4v) is 2.58. The molecule has 0 saturated heterocycles. The molecule has 2 aromatic carbocycles. The summed E-state index contributed by atoms with van der Waals surface area (Å²) in [5.74, 6) is -0.248. The van der Waals surface area contributed by atoms with Crippen LogP contribution in [0.5, 0.6) is 0 Å². The summed E-state index contributed by atoms with van der Waals surface area (Å²) in [5, 5.41) is 3.02. The van der Waals surface area contributed by atoms with Crippen molar-refractivity contribution in [2.24, 2.45) is 0 Å². The molecule has 0 aliphatic heterocycles. The van der Waals surface area contributed by atoms with E-state index in [4.69, 9.17) is 0 Å². The predicted octanol–water partition coefficient (Wildman–Crippen LogP) is 2.83. The van der Waals surface area contributed by atoms with E-state index < -0.39 is 0 Å². The number of nitrogens with zero attached hydrogens (tertiary/aromatic N) is 1. The maximum absolute atomic E-state index is 13.0. The van der Waals surface area contributed by atoms with Crippen LogP contribution in [-0.4, -0.2) is 43.8 Å². The van der Waals surface area contributed by atoms with Crippen molar-refractivity contribution in [2.45, 2.75) is 13.8 Å². The summed E-state index contributed by atoms with van der Waals surface area (Å²) in [4.78, 5) is 27.3. The van der Waals surface area contributed by atoms with Crippen LogP contribution < -0.4 is 5.32 Å². The molecule has 1 amide bonds. The monoisotopic (exact) mass is 324 g/mol. The second-order valence-corrected chi connectivity index (χ2v) is 6.02. The normalized spacial score (nSPS) is 10.5. The molecule has 4 nitrogen and oxygen atoms in total. The second kappa shape index (κ2) is 7.88. The van der Waals surface area contributed by atoms with Gasteiger partial charge in [-0.3, -0.25) is 9.59 Å². The first kappa shape index (κ1) is 17.9. The van der Waals surface area contributed by atoms with Crippen LogP contribution in [0.2, 0.25) is 0 Å². The molecule has 0 saturated carbocycles. The van der Waals surface area contributed by atoms with E-state index in [1.54, 1.807) is 36.2 Å². The van der Waals surface area contributed by atoms with Crippen molar-refractivity contribution in [1.82, 2.24) is 10.2 Å². The van der Waals surface area contributed by atoms with Gasteiger partial charge in [0.1, 0.15) is 0 Å². The third-order valence-corrected chi connectivity index (χ3v) is 4.08. The quantitative estimate of drug-likeness (QED) is 0.831. The van der Waals surface area contributed by atoms with E-state index in [2.05, 4.69) is 5.32 Å². The Labute approximate surface area is 143 Å². The second-order valence-electron chi connectivity index (χ2n) is 6.02. The van der Waals surface area contributed by atoms with Gasteiger partial charge in [-0.15, -0.1) is 0 Å². The van der Waals surface area contributed by atoms with Crippen molar-refractivity contribution in [3.8, 4) is 0 Å². The highest BCUT2D eigenvalue weighted by Gasteiger charge is 2.21. The molecule has 0 radical (unpaired) electrons. The van der Waals surface area contributed by atoms with Crippen molar-refractivity contribution in [1.29, 1.82) is 0 Å². The van der Waals surface area contributed by atoms with Gasteiger partial charge in [0.05, 0.1) is 5.56 Å². The van der Waals surface area contributed by atoms with E-state index in [0.29, 0.717) is 29.8 Å². The molecule has 2 rings (SSSR count). The number of aryl methyl sites for hydroxylation is 2. The Balaban J connectivity index is 2.40. The van der Waals surface area contributed by atoms with Gasteiger partial charge in [-0.25, -0.2) is 0 Å². The number of nitrogens with one attached hydrogen (secondary N) is 1. The van der Waals surface area contributed by atoms with Crippen molar-refractivity contribution in [2.75, 3.05) is 27.2 Å². The molecule has 126 valence electrons. The van der Waals surface area contributed by atoms with E-state index in [1.807, 2.05) is 39.1 Å². The number of benzene rings is 2. The van der Waals surface area contributed by atoms with Crippen molar-refractivity contribution < 1.29 is 9.59 Å². The fourth-order valence-electron chi connectivity index (χ4n) is 2.58. The summed E-state index contributed by atoms with van der Waals surface area (Å²) in [5.41, 5.74) is 3.48. The van der Waals surface area contributed by atoms with Gasteiger partial charge in [-0.1, -0.05) is 35.9 Å². The van der Waals surface area contributed by atoms with Gasteiger partial charge in [0.25, 0.3) is 5.91 Å². The third kappa shape index (κ3) is 3.89. The Morgan fingerprint density at radius 1 is 1.00 bits per heavy atom. The Hall–Kier alpha value is -2.46. The molecule has 0 atom stereocenters. The Morgan fingerprint density at radius 2 is 1.67 bits per heavy atom. The minimum atomic E-state index is -0.139. The number of amides is 1. The summed E-state index contributed by atoms with van der Waals surface area (Å²) < 4.78 is 0. The van der Waals surface area contributed by atoms with E-state index in [0.717, 1.165) is 11.1 Å². The lowest BCUT2D eigenvalue weighted by Crippen LogP contribution is -2.33. The Morgan fingerprint density at radius 3 is 2.33 bits per heavy atom. The zero-order valence-electron chi connectivity index (χ0n) is 14.7. The highest BCUT2D eigenvalue weighted by Crippen LogP contribution is 2.19. The van der Waals surface area contributed by atoms with Gasteiger partial charge in [-0.2, -0.15) is 0 Å². The number of ketones is 1. The lowest BCUT2D eigenvalue weighted by atomic mass is 9.94. The molecule has 2 aromatic rings. The maximum Gasteiger partial charge on any atom is 0.254 e. The standard InChI is InChI=1S/C20H24N2O2/c1-14-9-10-15(2)18(13-14)19(23)16-7-5-6-8-17(16)20(24)22(4)12-11-21-3/h5-10,13,21H,11-12H2,1-4H3. The molecule has 0 fully saturated rings. The van der Waals surface area contributed by atoms with Crippen LogP contribution in [0.3, 0.4) is 0 Å². The molecular weight excluding hydrogens is 300 g/mol. The van der Waals surface area contributed by atoms with Gasteiger partial charge in [-0.05, 0) is 38.6 Å². The number of hydrogen-bond acceptors (Lipinski definition) is 3. The van der Waals surface area contributed by atoms with Crippen molar-refractivity contribution in [3.05, 3.63) is 70.3 Å². The molecule has 0 spiro atoms. The molecule has 0 bridgehead atoms. The average molecular weight is 324 g/mol. The molecule has 0 aliphatic carbocycles. The van der Waals surface area contributed by atoms with Gasteiger partial charge in [0.15, 0.2) is 5.78 Å². The first-order chi connectivity index (χ1) is 11.5. The number of likely N-dealkylation sites (N-methyl/N-ethyl adjacent to an activating group) is 2. The molecule has 24 heavy (non-hydrogen) atoms. The van der Waals surface area contributed by atoms with Crippen molar-refractivity contribution >= 4 is 11.7 Å². The highest BCUT2D eigenvalue weighted by molar-refractivity contribution is 6.15. The minimum Gasteiger partial charge on any atom is -0.340 e. The van der Waals surface area contributed by atoms with E-state index in [1.165, 1.54) is 0 Å². The summed E-state index contributed by atoms with van der Waals surface area (Å²) in [6.07, 6.45) is 0. The van der Waals surface area contributed by atoms with Gasteiger partial charge < -0.3 is 10.2 Å². The van der Waals surface area contributed by atoms with Gasteiger partial charge in [0.2, 0.25) is 0 Å². The fraction of sp³-hybridized carbons (Fsp3) is 0.300. The van der Waals surface area contributed by atoms with Crippen LogP contribution in [0.25, 0.3) is 0 Å². The highest BCUT2D eigenvalue weighted by atomic mass is 16.2. The maximum atomic E-state index is 13.0. The smallest absolute Gasteiger partial charge is 0.254 e. The predicted molar refractivity (Wildman–Crippen MR) is 96.7 cm³/mol. The first-order valence-electron chi connectivity index (χ1n) is 8.06. The molecule has 1 N–H and O–H groups in total. The molecule has 0 aromatic heterocycles. The van der Waals surface area contributed by atoms with E-state index in [9.17, 15) is 9.59 Å². The minimum absolute atomic E-state index is 0.109. The van der Waals surface area contributed by atoms with Gasteiger partial charge >= 0.3 is 0 Å². The zero-order chi connectivity index (χ0) is 17.7. The lowest BCUT2D eigenvalue weighted by Gasteiger charge is -2.19. The number of rotatable bonds is 6. The first-order valence-corrected chi connectivity index (χ1v) is 8.06. The summed E-state index contributed by atoms with van der Waals surface area (Å²) >= 11 is 0. The largest absolute Gasteiger partial charge is 0.340 e. The van der Waals surface area contributed by atoms with Crippen LogP contribution in [0.1, 0.15) is 37.4 Å². The molecule has 0 heterocycles. The van der Waals surface area contributed by atoms with Crippen LogP contribution in [0.4, 0.5) is 0 Å². The number of carbonyl (C=O) groups is 2. The van der Waals surface area contributed by atoms with E-state index in [-0.39, 0.29) is 11.7 Å². The number of hydrogen-bond donors (Lipinski definition) is 1. The molecular formula is C20H24N2O2. The molecule has 4 heteroatoms. The van der Waals surface area contributed by atoms with Crippen LogP contribution in [-0.2, 0) is 0 Å². The SMILES string of the molecule is CNCCN(C)C(=O)c1ccccc1C(=O)c1cc(C)ccc1C. The van der Waals surface area contributed by atoms with Crippen molar-refractivity contribution in [3.63, 3.8) is 0 Å². The third-order valence-electron chi connectivity index (χ3n) is 4.08.